The summed E-state index contributed by atoms with van der Waals surface area (Å²) in [5.41, 5.74) is 4.08. The first kappa shape index (κ1) is 31.2. The van der Waals surface area contributed by atoms with Crippen LogP contribution in [0.2, 0.25) is 0 Å². The van der Waals surface area contributed by atoms with E-state index in [1.807, 2.05) is 36.4 Å². The second-order valence-electron chi connectivity index (χ2n) is 10.8. The monoisotopic (exact) mass is 598 g/mol. The molecule has 3 aromatic carbocycles. The molecule has 2 aliphatic rings. The number of aliphatic hydroxyl groups excluding tert-OH is 1. The van der Waals surface area contributed by atoms with Crippen molar-refractivity contribution < 1.29 is 37.6 Å². The zero-order chi connectivity index (χ0) is 30.0. The van der Waals surface area contributed by atoms with Crippen LogP contribution in [0.15, 0.2) is 60.7 Å². The standard InChI is InChI=1S/C33H40F2N2O6/c1-39-13-2-11-37-12-14-41-30-10-5-24(17-28(30)37)22-43-32-20-36-19-29(38)33(32)25-6-3-23(4-7-25)21-40-15-16-42-31-18-26(34)8-9-27(31)35/h3-10,17-18,29,32-33,36,38H,2,11-16,19-22H2,1H3/t29-,32+,33?/m1/s1. The summed E-state index contributed by atoms with van der Waals surface area (Å²) < 4.78 is 55.4. The van der Waals surface area contributed by atoms with Crippen molar-refractivity contribution in [2.24, 2.45) is 0 Å². The van der Waals surface area contributed by atoms with Gasteiger partial charge in [0.2, 0.25) is 0 Å². The number of hydrogen-bond donors (Lipinski definition) is 2. The van der Waals surface area contributed by atoms with Crippen LogP contribution in [0.25, 0.3) is 0 Å². The van der Waals surface area contributed by atoms with Crippen LogP contribution >= 0.6 is 0 Å². The fourth-order valence-electron chi connectivity index (χ4n) is 5.54. The predicted molar refractivity (Wildman–Crippen MR) is 159 cm³/mol. The highest BCUT2D eigenvalue weighted by atomic mass is 19.1. The number of rotatable bonds is 14. The summed E-state index contributed by atoms with van der Waals surface area (Å²) >= 11 is 0. The fourth-order valence-corrected chi connectivity index (χ4v) is 5.54. The average molecular weight is 599 g/mol. The van der Waals surface area contributed by atoms with E-state index in [9.17, 15) is 13.9 Å². The molecule has 1 unspecified atom stereocenters. The van der Waals surface area contributed by atoms with Gasteiger partial charge in [0.05, 0.1) is 44.3 Å². The molecule has 0 saturated carbocycles. The summed E-state index contributed by atoms with van der Waals surface area (Å²) in [6.45, 7) is 5.34. The molecule has 3 aromatic rings. The van der Waals surface area contributed by atoms with E-state index in [0.29, 0.717) is 32.9 Å². The van der Waals surface area contributed by atoms with E-state index in [2.05, 4.69) is 16.3 Å². The molecule has 232 valence electrons. The molecule has 5 rings (SSSR count). The first-order valence-electron chi connectivity index (χ1n) is 14.8. The number of halogens is 2. The number of β-amino-alcohol motifs (C(OH)–C–C–N with tert-alkyl or cyclic N) is 1. The van der Waals surface area contributed by atoms with Crippen molar-refractivity contribution in [2.45, 2.75) is 37.8 Å². The second-order valence-corrected chi connectivity index (χ2v) is 10.8. The molecule has 3 atom stereocenters. The van der Waals surface area contributed by atoms with Gasteiger partial charge in [-0.1, -0.05) is 30.3 Å². The lowest BCUT2D eigenvalue weighted by Gasteiger charge is -2.36. The van der Waals surface area contributed by atoms with Gasteiger partial charge in [0.1, 0.15) is 24.8 Å². The predicted octanol–water partition coefficient (Wildman–Crippen LogP) is 4.43. The summed E-state index contributed by atoms with van der Waals surface area (Å²) in [5.74, 6) is -0.601. The minimum Gasteiger partial charge on any atom is -0.490 e. The van der Waals surface area contributed by atoms with E-state index in [-0.39, 0.29) is 31.0 Å². The van der Waals surface area contributed by atoms with E-state index in [1.54, 1.807) is 7.11 Å². The van der Waals surface area contributed by atoms with Crippen LogP contribution in [0.3, 0.4) is 0 Å². The number of aliphatic hydroxyl groups is 1. The first-order valence-corrected chi connectivity index (χ1v) is 14.8. The molecule has 1 fully saturated rings. The normalized spacial score (nSPS) is 20.0. The quantitative estimate of drug-likeness (QED) is 0.264. The third-order valence-corrected chi connectivity index (χ3v) is 7.75. The highest BCUT2D eigenvalue weighted by Gasteiger charge is 2.34. The molecule has 0 amide bonds. The van der Waals surface area contributed by atoms with Crippen LogP contribution in [0.1, 0.15) is 29.0 Å². The number of hydrogen-bond acceptors (Lipinski definition) is 8. The van der Waals surface area contributed by atoms with Crippen molar-refractivity contribution in [1.82, 2.24) is 5.32 Å². The van der Waals surface area contributed by atoms with Gasteiger partial charge in [-0.05, 0) is 47.4 Å². The first-order chi connectivity index (χ1) is 21.0. The maximum Gasteiger partial charge on any atom is 0.165 e. The Morgan fingerprint density at radius 1 is 0.953 bits per heavy atom. The Kier molecular flexibility index (Phi) is 11.2. The number of benzene rings is 3. The summed E-state index contributed by atoms with van der Waals surface area (Å²) in [6, 6.07) is 17.2. The van der Waals surface area contributed by atoms with E-state index >= 15 is 0 Å². The van der Waals surface area contributed by atoms with E-state index < -0.39 is 17.7 Å². The maximum atomic E-state index is 13.7. The Morgan fingerprint density at radius 2 is 1.79 bits per heavy atom. The maximum absolute atomic E-state index is 13.7. The molecule has 0 radical (unpaired) electrons. The number of methoxy groups -OCH3 is 1. The van der Waals surface area contributed by atoms with Crippen molar-refractivity contribution in [3.63, 3.8) is 0 Å². The van der Waals surface area contributed by atoms with Crippen LogP contribution in [0.5, 0.6) is 11.5 Å². The Balaban J connectivity index is 1.14. The Bertz CT molecular complexity index is 1310. The van der Waals surface area contributed by atoms with Crippen molar-refractivity contribution in [2.75, 3.05) is 64.6 Å². The summed E-state index contributed by atoms with van der Waals surface area (Å²) in [5, 5.41) is 14.2. The van der Waals surface area contributed by atoms with Gasteiger partial charge in [-0.25, -0.2) is 8.78 Å². The van der Waals surface area contributed by atoms with E-state index in [4.69, 9.17) is 23.7 Å². The number of ether oxygens (including phenoxy) is 5. The highest BCUT2D eigenvalue weighted by molar-refractivity contribution is 5.61. The third-order valence-electron chi connectivity index (χ3n) is 7.75. The number of anilines is 1. The second kappa shape index (κ2) is 15.4. The lowest BCUT2D eigenvalue weighted by molar-refractivity contribution is -0.0328. The third kappa shape index (κ3) is 8.43. The molecule has 1 saturated heterocycles. The van der Waals surface area contributed by atoms with Crippen molar-refractivity contribution >= 4 is 5.69 Å². The largest absolute Gasteiger partial charge is 0.490 e. The van der Waals surface area contributed by atoms with Gasteiger partial charge in [-0.3, -0.25) is 0 Å². The van der Waals surface area contributed by atoms with Crippen molar-refractivity contribution in [3.05, 3.63) is 89.0 Å². The number of fused-ring (bicyclic) bond motifs is 1. The minimum atomic E-state index is -0.614. The molecule has 2 N–H and O–H groups in total. The van der Waals surface area contributed by atoms with Gasteiger partial charge in [0.15, 0.2) is 11.6 Å². The van der Waals surface area contributed by atoms with Gasteiger partial charge >= 0.3 is 0 Å². The van der Waals surface area contributed by atoms with Crippen LogP contribution in [0, 0.1) is 11.6 Å². The van der Waals surface area contributed by atoms with Gasteiger partial charge in [-0.2, -0.15) is 0 Å². The van der Waals surface area contributed by atoms with E-state index in [0.717, 1.165) is 72.4 Å². The molecule has 0 aliphatic carbocycles. The zero-order valence-corrected chi connectivity index (χ0v) is 24.5. The van der Waals surface area contributed by atoms with Crippen LogP contribution < -0.4 is 19.7 Å². The van der Waals surface area contributed by atoms with Gasteiger partial charge < -0.3 is 39.0 Å². The minimum absolute atomic E-state index is 0.0990. The summed E-state index contributed by atoms with van der Waals surface area (Å²) in [4.78, 5) is 2.33. The van der Waals surface area contributed by atoms with Crippen LogP contribution in [0.4, 0.5) is 14.5 Å². The average Bonchev–Trinajstić information content (AvgIpc) is 3.02. The zero-order valence-electron chi connectivity index (χ0n) is 24.5. The Hall–Kier alpha value is -3.28. The van der Waals surface area contributed by atoms with Crippen LogP contribution in [-0.4, -0.2) is 77.0 Å². The molecule has 43 heavy (non-hydrogen) atoms. The Labute approximate surface area is 251 Å². The van der Waals surface area contributed by atoms with Gasteiger partial charge in [0, 0.05) is 45.3 Å². The summed E-state index contributed by atoms with van der Waals surface area (Å²) in [7, 11) is 1.72. The van der Waals surface area contributed by atoms with Crippen molar-refractivity contribution in [1.29, 1.82) is 0 Å². The van der Waals surface area contributed by atoms with Gasteiger partial charge in [0.25, 0.3) is 0 Å². The molecular formula is C33H40F2N2O6. The van der Waals surface area contributed by atoms with Gasteiger partial charge in [-0.15, -0.1) is 0 Å². The SMILES string of the molecule is COCCCN1CCOc2ccc(CO[C@H]3CNC[C@@H](O)C3c3ccc(COCCOc4cc(F)ccc4F)cc3)cc21. The van der Waals surface area contributed by atoms with Crippen LogP contribution in [-0.2, 0) is 27.4 Å². The smallest absolute Gasteiger partial charge is 0.165 e. The molecule has 10 heteroatoms. The molecular weight excluding hydrogens is 558 g/mol. The molecule has 0 spiro atoms. The molecule has 2 heterocycles. The fraction of sp³-hybridized carbons (Fsp3) is 0.455. The lowest BCUT2D eigenvalue weighted by Crippen LogP contribution is -2.49. The number of piperidine rings is 1. The molecule has 8 nitrogen and oxygen atoms in total. The Morgan fingerprint density at radius 3 is 2.63 bits per heavy atom. The molecule has 2 aliphatic heterocycles. The van der Waals surface area contributed by atoms with Crippen molar-refractivity contribution in [3.8, 4) is 11.5 Å². The van der Waals surface area contributed by atoms with E-state index in [1.165, 1.54) is 0 Å². The lowest BCUT2D eigenvalue weighted by atomic mass is 9.85. The molecule has 0 bridgehead atoms. The molecule has 0 aromatic heterocycles. The number of nitrogens with one attached hydrogen (secondary N) is 1. The summed E-state index contributed by atoms with van der Waals surface area (Å²) in [6.07, 6.45) is 0.145. The highest BCUT2D eigenvalue weighted by Crippen LogP contribution is 2.34. The topological polar surface area (TPSA) is 81.7 Å². The number of nitrogens with zero attached hydrogens (tertiary/aromatic N) is 1.